The molecule has 3 atom stereocenters. The van der Waals surface area contributed by atoms with Crippen molar-refractivity contribution in [1.29, 1.82) is 0 Å². The predicted octanol–water partition coefficient (Wildman–Crippen LogP) is 2.76. The maximum Gasteiger partial charge on any atom is 0.311 e. The van der Waals surface area contributed by atoms with Gasteiger partial charge in [-0.15, -0.1) is 0 Å². The van der Waals surface area contributed by atoms with Crippen molar-refractivity contribution in [2.75, 3.05) is 7.11 Å². The standard InChI is InChI=1S/C14H26O3/c1-5-12(13(15)17-4)14(16)8-6-7-11(9-14)10(2)3/h10-12,16H,5-9H2,1-4H3. The molecule has 0 spiro atoms. The van der Waals surface area contributed by atoms with Crippen molar-refractivity contribution in [1.82, 2.24) is 0 Å². The highest BCUT2D eigenvalue weighted by molar-refractivity contribution is 5.73. The Morgan fingerprint density at radius 2 is 2.18 bits per heavy atom. The summed E-state index contributed by atoms with van der Waals surface area (Å²) in [5.74, 6) is 0.456. The molecule has 0 aromatic rings. The molecule has 0 heterocycles. The molecule has 3 nitrogen and oxygen atoms in total. The molecular weight excluding hydrogens is 216 g/mol. The molecule has 1 aliphatic rings. The number of ether oxygens (including phenoxy) is 1. The quantitative estimate of drug-likeness (QED) is 0.771. The van der Waals surface area contributed by atoms with Crippen LogP contribution in [0.1, 0.15) is 52.9 Å². The fourth-order valence-corrected chi connectivity index (χ4v) is 3.12. The van der Waals surface area contributed by atoms with E-state index in [-0.39, 0.29) is 11.9 Å². The molecule has 3 heteroatoms. The lowest BCUT2D eigenvalue weighted by molar-refractivity contribution is -0.161. The zero-order valence-electron chi connectivity index (χ0n) is 11.5. The van der Waals surface area contributed by atoms with E-state index in [1.807, 2.05) is 6.92 Å². The zero-order valence-corrected chi connectivity index (χ0v) is 11.5. The average molecular weight is 242 g/mol. The summed E-state index contributed by atoms with van der Waals surface area (Å²) in [6.07, 6.45) is 4.28. The highest BCUT2D eigenvalue weighted by Gasteiger charge is 2.44. The maximum absolute atomic E-state index is 11.7. The summed E-state index contributed by atoms with van der Waals surface area (Å²) in [6, 6.07) is 0. The second-order valence-corrected chi connectivity index (χ2v) is 5.69. The minimum absolute atomic E-state index is 0.264. The third-order valence-corrected chi connectivity index (χ3v) is 4.29. The van der Waals surface area contributed by atoms with Crippen LogP contribution in [0, 0.1) is 17.8 Å². The Kier molecular flexibility index (Phi) is 4.99. The third kappa shape index (κ3) is 3.21. The highest BCUT2D eigenvalue weighted by atomic mass is 16.5. The largest absolute Gasteiger partial charge is 0.469 e. The van der Waals surface area contributed by atoms with Crippen LogP contribution in [0.4, 0.5) is 0 Å². The second-order valence-electron chi connectivity index (χ2n) is 5.69. The van der Waals surface area contributed by atoms with Crippen molar-refractivity contribution >= 4 is 5.97 Å². The Morgan fingerprint density at radius 3 is 2.65 bits per heavy atom. The first-order valence-electron chi connectivity index (χ1n) is 6.74. The molecule has 0 radical (unpaired) electrons. The lowest BCUT2D eigenvalue weighted by Gasteiger charge is -2.42. The van der Waals surface area contributed by atoms with Crippen LogP contribution in [0.2, 0.25) is 0 Å². The number of esters is 1. The smallest absolute Gasteiger partial charge is 0.311 e. The normalized spacial score (nSPS) is 31.3. The van der Waals surface area contributed by atoms with Crippen LogP contribution in [-0.4, -0.2) is 23.8 Å². The van der Waals surface area contributed by atoms with E-state index in [1.54, 1.807) is 0 Å². The van der Waals surface area contributed by atoms with E-state index in [1.165, 1.54) is 7.11 Å². The summed E-state index contributed by atoms with van der Waals surface area (Å²) in [5, 5.41) is 10.8. The number of aliphatic hydroxyl groups is 1. The Labute approximate surface area is 105 Å². The summed E-state index contributed by atoms with van der Waals surface area (Å²) in [7, 11) is 1.40. The van der Waals surface area contributed by atoms with Crippen LogP contribution >= 0.6 is 0 Å². The molecule has 0 aliphatic heterocycles. The van der Waals surface area contributed by atoms with Crippen LogP contribution in [0.3, 0.4) is 0 Å². The minimum Gasteiger partial charge on any atom is -0.469 e. The number of rotatable bonds is 4. The van der Waals surface area contributed by atoms with Crippen LogP contribution in [0.15, 0.2) is 0 Å². The number of carbonyl (C=O) groups is 1. The summed E-state index contributed by atoms with van der Waals surface area (Å²) in [5.41, 5.74) is -0.852. The summed E-state index contributed by atoms with van der Waals surface area (Å²) < 4.78 is 4.82. The molecule has 17 heavy (non-hydrogen) atoms. The first-order chi connectivity index (χ1) is 7.94. The van der Waals surface area contributed by atoms with Gasteiger partial charge in [0, 0.05) is 0 Å². The molecule has 0 saturated heterocycles. The maximum atomic E-state index is 11.7. The Morgan fingerprint density at radius 1 is 1.53 bits per heavy atom. The molecule has 1 N–H and O–H groups in total. The molecule has 100 valence electrons. The fourth-order valence-electron chi connectivity index (χ4n) is 3.12. The SMILES string of the molecule is CCC(C(=O)OC)C1(O)CCCC(C(C)C)C1. The summed E-state index contributed by atoms with van der Waals surface area (Å²) in [4.78, 5) is 11.7. The first kappa shape index (κ1) is 14.5. The second kappa shape index (κ2) is 5.85. The molecule has 0 aromatic carbocycles. The van der Waals surface area contributed by atoms with E-state index in [2.05, 4.69) is 13.8 Å². The van der Waals surface area contributed by atoms with Crippen molar-refractivity contribution in [2.24, 2.45) is 17.8 Å². The van der Waals surface area contributed by atoms with Gasteiger partial charge >= 0.3 is 5.97 Å². The number of hydrogen-bond acceptors (Lipinski definition) is 3. The van der Waals surface area contributed by atoms with Gasteiger partial charge in [0.2, 0.25) is 0 Å². The highest BCUT2D eigenvalue weighted by Crippen LogP contribution is 2.41. The lowest BCUT2D eigenvalue weighted by atomic mass is 9.68. The molecule has 3 unspecified atom stereocenters. The van der Waals surface area contributed by atoms with E-state index >= 15 is 0 Å². The number of methoxy groups -OCH3 is 1. The van der Waals surface area contributed by atoms with Gasteiger partial charge in [0.25, 0.3) is 0 Å². The lowest BCUT2D eigenvalue weighted by Crippen LogP contribution is -2.47. The molecule has 1 rings (SSSR count). The molecular formula is C14H26O3. The topological polar surface area (TPSA) is 46.5 Å². The summed E-state index contributed by atoms with van der Waals surface area (Å²) in [6.45, 7) is 6.32. The van der Waals surface area contributed by atoms with Crippen LogP contribution < -0.4 is 0 Å². The van der Waals surface area contributed by atoms with Crippen LogP contribution in [-0.2, 0) is 9.53 Å². The van der Waals surface area contributed by atoms with Gasteiger partial charge in [-0.25, -0.2) is 0 Å². The number of carbonyl (C=O) groups excluding carboxylic acids is 1. The van der Waals surface area contributed by atoms with E-state index in [4.69, 9.17) is 4.74 Å². The Balaban J connectivity index is 2.80. The molecule has 1 aliphatic carbocycles. The average Bonchev–Trinajstić information content (AvgIpc) is 2.29. The van der Waals surface area contributed by atoms with E-state index < -0.39 is 5.60 Å². The van der Waals surface area contributed by atoms with E-state index in [0.717, 1.165) is 25.7 Å². The van der Waals surface area contributed by atoms with Gasteiger partial charge in [-0.05, 0) is 37.5 Å². The molecule has 0 amide bonds. The molecule has 1 fully saturated rings. The minimum atomic E-state index is -0.852. The first-order valence-corrected chi connectivity index (χ1v) is 6.74. The predicted molar refractivity (Wildman–Crippen MR) is 67.5 cm³/mol. The van der Waals surface area contributed by atoms with Gasteiger partial charge in [0.1, 0.15) is 0 Å². The monoisotopic (exact) mass is 242 g/mol. The van der Waals surface area contributed by atoms with Crippen molar-refractivity contribution in [3.8, 4) is 0 Å². The van der Waals surface area contributed by atoms with Gasteiger partial charge in [-0.3, -0.25) is 4.79 Å². The van der Waals surface area contributed by atoms with Gasteiger partial charge in [0.15, 0.2) is 0 Å². The van der Waals surface area contributed by atoms with Gasteiger partial charge in [-0.1, -0.05) is 27.2 Å². The molecule has 1 saturated carbocycles. The fraction of sp³-hybridized carbons (Fsp3) is 0.929. The van der Waals surface area contributed by atoms with Gasteiger partial charge < -0.3 is 9.84 Å². The Bertz CT molecular complexity index is 262. The van der Waals surface area contributed by atoms with Crippen LogP contribution in [0.5, 0.6) is 0 Å². The van der Waals surface area contributed by atoms with Crippen molar-refractivity contribution in [3.63, 3.8) is 0 Å². The Hall–Kier alpha value is -0.570. The third-order valence-electron chi connectivity index (χ3n) is 4.29. The van der Waals surface area contributed by atoms with E-state index in [0.29, 0.717) is 18.3 Å². The van der Waals surface area contributed by atoms with Crippen molar-refractivity contribution in [2.45, 2.75) is 58.5 Å². The van der Waals surface area contributed by atoms with Gasteiger partial charge in [-0.2, -0.15) is 0 Å². The number of hydrogen-bond donors (Lipinski definition) is 1. The van der Waals surface area contributed by atoms with Gasteiger partial charge in [0.05, 0.1) is 18.6 Å². The van der Waals surface area contributed by atoms with Crippen molar-refractivity contribution < 1.29 is 14.6 Å². The van der Waals surface area contributed by atoms with Crippen LogP contribution in [0.25, 0.3) is 0 Å². The molecule has 0 bridgehead atoms. The zero-order chi connectivity index (χ0) is 13.1. The van der Waals surface area contributed by atoms with Crippen molar-refractivity contribution in [3.05, 3.63) is 0 Å². The van der Waals surface area contributed by atoms with E-state index in [9.17, 15) is 9.90 Å². The summed E-state index contributed by atoms with van der Waals surface area (Å²) >= 11 is 0. The molecule has 0 aromatic heterocycles.